The number of nitrogens with one attached hydrogen (secondary N) is 1. The smallest absolute Gasteiger partial charge is 0.303 e. The number of rotatable bonds is 6. The van der Waals surface area contributed by atoms with Gasteiger partial charge in [-0.15, -0.1) is 0 Å². The van der Waals surface area contributed by atoms with Crippen molar-refractivity contribution in [3.05, 3.63) is 65.4 Å². The van der Waals surface area contributed by atoms with Crippen molar-refractivity contribution >= 4 is 22.7 Å². The Kier molecular flexibility index (Phi) is 4.33. The van der Waals surface area contributed by atoms with Crippen molar-refractivity contribution in [1.82, 2.24) is 4.98 Å². The lowest BCUT2D eigenvalue weighted by molar-refractivity contribution is -0.136. The van der Waals surface area contributed by atoms with Crippen molar-refractivity contribution in [3.8, 4) is 5.75 Å². The maximum absolute atomic E-state index is 12.9. The van der Waals surface area contributed by atoms with E-state index in [-0.39, 0.29) is 12.2 Å². The molecule has 5 nitrogen and oxygen atoms in total. The van der Waals surface area contributed by atoms with Gasteiger partial charge >= 0.3 is 5.97 Å². The molecule has 3 rings (SSSR count). The van der Waals surface area contributed by atoms with E-state index in [0.29, 0.717) is 23.4 Å². The Bertz CT molecular complexity index is 893. The Labute approximate surface area is 138 Å². The number of aryl methyl sites for hydroxylation is 1. The van der Waals surface area contributed by atoms with Crippen LogP contribution in [0.15, 0.2) is 48.5 Å². The Morgan fingerprint density at radius 2 is 1.79 bits per heavy atom. The van der Waals surface area contributed by atoms with Crippen molar-refractivity contribution < 1.29 is 19.4 Å². The molecule has 0 aliphatic heterocycles. The zero-order valence-electron chi connectivity index (χ0n) is 13.2. The highest BCUT2D eigenvalue weighted by Gasteiger charge is 2.19. The average molecular weight is 323 g/mol. The summed E-state index contributed by atoms with van der Waals surface area (Å²) < 4.78 is 5.11. The zero-order chi connectivity index (χ0) is 17.1. The van der Waals surface area contributed by atoms with E-state index < -0.39 is 5.97 Å². The van der Waals surface area contributed by atoms with Gasteiger partial charge in [-0.25, -0.2) is 0 Å². The SMILES string of the molecule is COc1ccc(C(=O)c2[nH]c3ccccc3c2CCC(=O)O)cc1. The van der Waals surface area contributed by atoms with Gasteiger partial charge < -0.3 is 14.8 Å². The first-order chi connectivity index (χ1) is 11.6. The standard InChI is InChI=1S/C19H17NO4/c1-24-13-8-6-12(7-9-13)19(23)18-15(10-11-17(21)22)14-4-2-3-5-16(14)20-18/h2-9,20H,10-11H2,1H3,(H,21,22). The van der Waals surface area contributed by atoms with E-state index in [9.17, 15) is 9.59 Å². The molecule has 0 saturated carbocycles. The molecule has 0 saturated heterocycles. The molecular formula is C19H17NO4. The molecule has 122 valence electrons. The van der Waals surface area contributed by atoms with Crippen LogP contribution in [0.25, 0.3) is 10.9 Å². The largest absolute Gasteiger partial charge is 0.497 e. The highest BCUT2D eigenvalue weighted by atomic mass is 16.5. The molecule has 5 heteroatoms. The number of hydrogen-bond acceptors (Lipinski definition) is 3. The van der Waals surface area contributed by atoms with Crippen molar-refractivity contribution in [1.29, 1.82) is 0 Å². The molecule has 1 heterocycles. The van der Waals surface area contributed by atoms with E-state index in [1.54, 1.807) is 31.4 Å². The molecule has 0 unspecified atom stereocenters. The normalized spacial score (nSPS) is 10.7. The second-order valence-electron chi connectivity index (χ2n) is 5.48. The van der Waals surface area contributed by atoms with Crippen LogP contribution in [-0.2, 0) is 11.2 Å². The lowest BCUT2D eigenvalue weighted by Crippen LogP contribution is -2.07. The quantitative estimate of drug-likeness (QED) is 0.681. The van der Waals surface area contributed by atoms with Gasteiger partial charge in [-0.05, 0) is 42.3 Å². The number of benzene rings is 2. The van der Waals surface area contributed by atoms with Crippen LogP contribution >= 0.6 is 0 Å². The fraction of sp³-hybridized carbons (Fsp3) is 0.158. The second-order valence-corrected chi connectivity index (χ2v) is 5.48. The van der Waals surface area contributed by atoms with E-state index in [0.717, 1.165) is 16.5 Å². The van der Waals surface area contributed by atoms with Crippen molar-refractivity contribution in [3.63, 3.8) is 0 Å². The van der Waals surface area contributed by atoms with E-state index in [1.165, 1.54) is 0 Å². The first kappa shape index (κ1) is 15.8. The van der Waals surface area contributed by atoms with E-state index in [2.05, 4.69) is 4.98 Å². The summed E-state index contributed by atoms with van der Waals surface area (Å²) in [6.07, 6.45) is 0.279. The lowest BCUT2D eigenvalue weighted by Gasteiger charge is -2.05. The Hall–Kier alpha value is -3.08. The van der Waals surface area contributed by atoms with Crippen LogP contribution in [0.3, 0.4) is 0 Å². The molecule has 3 aromatic rings. The van der Waals surface area contributed by atoms with Gasteiger partial charge in [0.05, 0.1) is 12.8 Å². The number of ether oxygens (including phenoxy) is 1. The van der Waals surface area contributed by atoms with Crippen LogP contribution in [-0.4, -0.2) is 29.0 Å². The summed E-state index contributed by atoms with van der Waals surface area (Å²) in [7, 11) is 1.57. The Balaban J connectivity index is 2.04. The summed E-state index contributed by atoms with van der Waals surface area (Å²) in [5.41, 5.74) is 2.55. The summed E-state index contributed by atoms with van der Waals surface area (Å²) in [5.74, 6) is -0.369. The lowest BCUT2D eigenvalue weighted by atomic mass is 10.00. The third-order valence-corrected chi connectivity index (χ3v) is 3.98. The number of hydrogen-bond donors (Lipinski definition) is 2. The van der Waals surface area contributed by atoms with Crippen LogP contribution in [0, 0.1) is 0 Å². The van der Waals surface area contributed by atoms with E-state index in [4.69, 9.17) is 9.84 Å². The minimum Gasteiger partial charge on any atom is -0.497 e. The number of carbonyl (C=O) groups excluding carboxylic acids is 1. The van der Waals surface area contributed by atoms with Crippen molar-refractivity contribution in [2.75, 3.05) is 7.11 Å². The summed E-state index contributed by atoms with van der Waals surface area (Å²) in [6, 6.07) is 14.4. The van der Waals surface area contributed by atoms with E-state index >= 15 is 0 Å². The highest BCUT2D eigenvalue weighted by Crippen LogP contribution is 2.26. The predicted octanol–water partition coefficient (Wildman–Crippen LogP) is 3.42. The van der Waals surface area contributed by atoms with Gasteiger partial charge in [-0.1, -0.05) is 18.2 Å². The Morgan fingerprint density at radius 1 is 1.08 bits per heavy atom. The fourth-order valence-electron chi connectivity index (χ4n) is 2.77. The number of ketones is 1. The number of carbonyl (C=O) groups is 2. The highest BCUT2D eigenvalue weighted by molar-refractivity contribution is 6.12. The summed E-state index contributed by atoms with van der Waals surface area (Å²) >= 11 is 0. The van der Waals surface area contributed by atoms with Gasteiger partial charge in [0.2, 0.25) is 5.78 Å². The molecule has 0 fully saturated rings. The second kappa shape index (κ2) is 6.58. The van der Waals surface area contributed by atoms with Gasteiger partial charge in [0.15, 0.2) is 0 Å². The Morgan fingerprint density at radius 3 is 2.46 bits per heavy atom. The first-order valence-electron chi connectivity index (χ1n) is 7.60. The molecule has 0 bridgehead atoms. The molecular weight excluding hydrogens is 306 g/mol. The van der Waals surface area contributed by atoms with Gasteiger partial charge in [-0.2, -0.15) is 0 Å². The number of carboxylic acid groups (broad SMARTS) is 1. The number of carboxylic acids is 1. The zero-order valence-corrected chi connectivity index (χ0v) is 13.2. The van der Waals surface area contributed by atoms with Crippen LogP contribution in [0.1, 0.15) is 28.0 Å². The number of H-pyrrole nitrogens is 1. The third-order valence-electron chi connectivity index (χ3n) is 3.98. The topological polar surface area (TPSA) is 79.4 Å². The number of methoxy groups -OCH3 is 1. The van der Waals surface area contributed by atoms with Gasteiger partial charge in [0.25, 0.3) is 0 Å². The van der Waals surface area contributed by atoms with Crippen LogP contribution in [0.5, 0.6) is 5.75 Å². The first-order valence-corrected chi connectivity index (χ1v) is 7.60. The van der Waals surface area contributed by atoms with Gasteiger partial charge in [0.1, 0.15) is 5.75 Å². The van der Waals surface area contributed by atoms with Crippen molar-refractivity contribution in [2.45, 2.75) is 12.8 Å². The molecule has 2 N–H and O–H groups in total. The summed E-state index contributed by atoms with van der Waals surface area (Å²) in [6.45, 7) is 0. The maximum Gasteiger partial charge on any atom is 0.303 e. The maximum atomic E-state index is 12.9. The number of aromatic nitrogens is 1. The minimum atomic E-state index is -0.886. The predicted molar refractivity (Wildman–Crippen MR) is 90.7 cm³/mol. The molecule has 0 spiro atoms. The van der Waals surface area contributed by atoms with E-state index in [1.807, 2.05) is 24.3 Å². The summed E-state index contributed by atoms with van der Waals surface area (Å²) in [4.78, 5) is 26.9. The number of aliphatic carboxylic acids is 1. The number of aromatic amines is 1. The number of para-hydroxylation sites is 1. The molecule has 1 aromatic heterocycles. The summed E-state index contributed by atoms with van der Waals surface area (Å²) in [5, 5.41) is 9.86. The molecule has 0 amide bonds. The molecule has 2 aromatic carbocycles. The average Bonchev–Trinajstić information content (AvgIpc) is 2.98. The third kappa shape index (κ3) is 3.01. The number of fused-ring (bicyclic) bond motifs is 1. The molecule has 0 radical (unpaired) electrons. The molecule has 24 heavy (non-hydrogen) atoms. The molecule has 0 aliphatic rings. The molecule has 0 aliphatic carbocycles. The van der Waals surface area contributed by atoms with Crippen LogP contribution in [0.2, 0.25) is 0 Å². The van der Waals surface area contributed by atoms with Gasteiger partial charge in [0, 0.05) is 22.9 Å². The molecule has 0 atom stereocenters. The fourth-order valence-corrected chi connectivity index (χ4v) is 2.77. The van der Waals surface area contributed by atoms with Crippen LogP contribution < -0.4 is 4.74 Å². The van der Waals surface area contributed by atoms with Crippen molar-refractivity contribution in [2.24, 2.45) is 0 Å². The van der Waals surface area contributed by atoms with Gasteiger partial charge in [-0.3, -0.25) is 9.59 Å². The minimum absolute atomic E-state index is 0.0231. The van der Waals surface area contributed by atoms with Crippen LogP contribution in [0.4, 0.5) is 0 Å². The monoisotopic (exact) mass is 323 g/mol.